The van der Waals surface area contributed by atoms with Gasteiger partial charge in [-0.2, -0.15) is 5.26 Å². The first-order valence-corrected chi connectivity index (χ1v) is 3.51. The van der Waals surface area contributed by atoms with Crippen LogP contribution in [0.3, 0.4) is 0 Å². The molecule has 0 atom stereocenters. The Balaban J connectivity index is 3.44. The fourth-order valence-corrected chi connectivity index (χ4v) is 0.953. The number of hydrogen-bond donors (Lipinski definition) is 1. The fourth-order valence-electron chi connectivity index (χ4n) is 0.953. The lowest BCUT2D eigenvalue weighted by atomic mass is 10.1. The number of rotatable bonds is 1. The zero-order chi connectivity index (χ0) is 10.0. The van der Waals surface area contributed by atoms with E-state index in [-0.39, 0.29) is 11.3 Å². The Kier molecular flexibility index (Phi) is 2.15. The summed E-state index contributed by atoms with van der Waals surface area (Å²) in [6, 6.07) is 4.36. The predicted molar refractivity (Wildman–Crippen MR) is 47.0 cm³/mol. The van der Waals surface area contributed by atoms with Crippen molar-refractivity contribution in [2.75, 3.05) is 5.73 Å². The molecule has 0 radical (unpaired) electrons. The molecule has 0 aromatic heterocycles. The molecule has 1 aromatic rings. The normalized spacial score (nSPS) is 9.23. The minimum atomic E-state index is -0.617. The Hall–Kier alpha value is -2.09. The minimum absolute atomic E-state index is 0.0386. The van der Waals surface area contributed by atoms with Gasteiger partial charge in [-0.3, -0.25) is 10.1 Å². The molecule has 0 aliphatic carbocycles. The van der Waals surface area contributed by atoms with Crippen LogP contribution < -0.4 is 5.73 Å². The molecule has 5 nitrogen and oxygen atoms in total. The molecule has 0 bridgehead atoms. The first kappa shape index (κ1) is 9.00. The fraction of sp³-hybridized carbons (Fsp3) is 0.125. The quantitative estimate of drug-likeness (QED) is 0.398. The number of anilines is 1. The maximum absolute atomic E-state index is 10.4. The maximum atomic E-state index is 10.4. The first-order valence-electron chi connectivity index (χ1n) is 3.51. The summed E-state index contributed by atoms with van der Waals surface area (Å²) in [5, 5.41) is 19.0. The molecule has 1 aromatic carbocycles. The van der Waals surface area contributed by atoms with E-state index in [1.54, 1.807) is 13.0 Å². The van der Waals surface area contributed by atoms with E-state index in [2.05, 4.69) is 0 Å². The van der Waals surface area contributed by atoms with Gasteiger partial charge in [-0.15, -0.1) is 0 Å². The Morgan fingerprint density at radius 1 is 1.62 bits per heavy atom. The molecule has 1 rings (SSSR count). The summed E-state index contributed by atoms with van der Waals surface area (Å²) in [6.45, 7) is 1.69. The Bertz CT molecular complexity index is 407. The maximum Gasteiger partial charge on any atom is 0.289 e. The van der Waals surface area contributed by atoms with E-state index in [4.69, 9.17) is 11.0 Å². The van der Waals surface area contributed by atoms with E-state index in [1.165, 1.54) is 12.1 Å². The summed E-state index contributed by atoms with van der Waals surface area (Å²) in [5.41, 5.74) is 6.26. The van der Waals surface area contributed by atoms with Crippen molar-refractivity contribution in [2.45, 2.75) is 6.92 Å². The summed E-state index contributed by atoms with van der Waals surface area (Å²) in [5.74, 6) is 0. The van der Waals surface area contributed by atoms with Crippen LogP contribution in [-0.2, 0) is 0 Å². The van der Waals surface area contributed by atoms with Gasteiger partial charge in [0.05, 0.1) is 4.92 Å². The lowest BCUT2D eigenvalue weighted by molar-refractivity contribution is -0.385. The number of nitro groups is 1. The number of nitriles is 1. The van der Waals surface area contributed by atoms with Gasteiger partial charge in [-0.05, 0) is 18.6 Å². The molecule has 5 heteroatoms. The van der Waals surface area contributed by atoms with Gasteiger partial charge in [0.25, 0.3) is 5.69 Å². The second-order valence-electron chi connectivity index (χ2n) is 2.59. The highest BCUT2D eigenvalue weighted by Crippen LogP contribution is 2.23. The highest BCUT2D eigenvalue weighted by Gasteiger charge is 2.14. The summed E-state index contributed by atoms with van der Waals surface area (Å²) >= 11 is 0. The number of nitrogens with two attached hydrogens (primary N) is 1. The largest absolute Gasteiger partial charge is 0.398 e. The summed E-state index contributed by atoms with van der Waals surface area (Å²) in [4.78, 5) is 9.83. The summed E-state index contributed by atoms with van der Waals surface area (Å²) < 4.78 is 0. The average molecular weight is 177 g/mol. The number of nitrogen functional groups attached to an aromatic ring is 1. The molecule has 0 fully saturated rings. The molecule has 0 amide bonds. The van der Waals surface area contributed by atoms with Crippen LogP contribution in [0.5, 0.6) is 0 Å². The number of nitro benzene ring substituents is 1. The van der Waals surface area contributed by atoms with Gasteiger partial charge in [-0.1, -0.05) is 0 Å². The zero-order valence-corrected chi connectivity index (χ0v) is 6.94. The molecule has 13 heavy (non-hydrogen) atoms. The highest BCUT2D eigenvalue weighted by atomic mass is 16.6. The third-order valence-electron chi connectivity index (χ3n) is 1.70. The monoisotopic (exact) mass is 177 g/mol. The SMILES string of the molecule is Cc1cc(C#N)c([N+](=O)[O-])cc1N. The van der Waals surface area contributed by atoms with Crippen molar-refractivity contribution in [1.82, 2.24) is 0 Å². The van der Waals surface area contributed by atoms with Crippen LogP contribution in [0.2, 0.25) is 0 Å². The van der Waals surface area contributed by atoms with Gasteiger partial charge < -0.3 is 5.73 Å². The smallest absolute Gasteiger partial charge is 0.289 e. The molecule has 0 aliphatic rings. The standard InChI is InChI=1S/C8H7N3O2/c1-5-2-6(4-9)8(11(12)13)3-7(5)10/h2-3H,10H2,1H3. The van der Waals surface area contributed by atoms with Gasteiger partial charge in [0.15, 0.2) is 0 Å². The van der Waals surface area contributed by atoms with Gasteiger partial charge in [-0.25, -0.2) is 0 Å². The molecule has 0 unspecified atom stereocenters. The average Bonchev–Trinajstić information content (AvgIpc) is 2.08. The van der Waals surface area contributed by atoms with Crippen LogP contribution >= 0.6 is 0 Å². The van der Waals surface area contributed by atoms with Crippen LogP contribution in [0.1, 0.15) is 11.1 Å². The molecular formula is C8H7N3O2. The summed E-state index contributed by atoms with van der Waals surface area (Å²) in [6.07, 6.45) is 0. The van der Waals surface area contributed by atoms with Crippen molar-refractivity contribution in [3.05, 3.63) is 33.4 Å². The van der Waals surface area contributed by atoms with Crippen LogP contribution in [0, 0.1) is 28.4 Å². The van der Waals surface area contributed by atoms with E-state index < -0.39 is 4.92 Å². The second-order valence-corrected chi connectivity index (χ2v) is 2.59. The number of hydrogen-bond acceptors (Lipinski definition) is 4. The summed E-state index contributed by atoms with van der Waals surface area (Å²) in [7, 11) is 0. The number of benzene rings is 1. The Morgan fingerprint density at radius 3 is 2.69 bits per heavy atom. The second kappa shape index (κ2) is 3.11. The number of nitrogens with zero attached hydrogens (tertiary/aromatic N) is 2. The van der Waals surface area contributed by atoms with Gasteiger partial charge in [0.1, 0.15) is 11.6 Å². The first-order chi connectivity index (χ1) is 6.06. The van der Waals surface area contributed by atoms with E-state index in [0.29, 0.717) is 11.3 Å². The van der Waals surface area contributed by atoms with E-state index in [1.807, 2.05) is 0 Å². The molecule has 0 saturated carbocycles. The van der Waals surface area contributed by atoms with Crippen molar-refractivity contribution in [3.63, 3.8) is 0 Å². The number of aryl methyl sites for hydroxylation is 1. The Labute approximate surface area is 74.5 Å². The molecule has 66 valence electrons. The molecule has 0 spiro atoms. The zero-order valence-electron chi connectivity index (χ0n) is 6.94. The van der Waals surface area contributed by atoms with E-state index >= 15 is 0 Å². The van der Waals surface area contributed by atoms with Gasteiger partial charge in [0, 0.05) is 11.8 Å². The predicted octanol–water partition coefficient (Wildman–Crippen LogP) is 1.36. The van der Waals surface area contributed by atoms with Crippen LogP contribution in [0.15, 0.2) is 12.1 Å². The van der Waals surface area contributed by atoms with E-state index in [9.17, 15) is 10.1 Å². The van der Waals surface area contributed by atoms with Crippen LogP contribution in [-0.4, -0.2) is 4.92 Å². The molecule has 2 N–H and O–H groups in total. The third-order valence-corrected chi connectivity index (χ3v) is 1.70. The van der Waals surface area contributed by atoms with E-state index in [0.717, 1.165) is 0 Å². The topological polar surface area (TPSA) is 92.9 Å². The molecule has 0 heterocycles. The molecular weight excluding hydrogens is 170 g/mol. The lowest BCUT2D eigenvalue weighted by Gasteiger charge is -2.00. The molecule has 0 aliphatic heterocycles. The van der Waals surface area contributed by atoms with Crippen LogP contribution in [0.4, 0.5) is 11.4 Å². The molecule has 0 saturated heterocycles. The van der Waals surface area contributed by atoms with Crippen molar-refractivity contribution in [2.24, 2.45) is 0 Å². The Morgan fingerprint density at radius 2 is 2.23 bits per heavy atom. The van der Waals surface area contributed by atoms with Gasteiger partial charge in [0.2, 0.25) is 0 Å². The van der Waals surface area contributed by atoms with Crippen LogP contribution in [0.25, 0.3) is 0 Å². The lowest BCUT2D eigenvalue weighted by Crippen LogP contribution is -1.97. The van der Waals surface area contributed by atoms with Crippen molar-refractivity contribution in [3.8, 4) is 6.07 Å². The third kappa shape index (κ3) is 1.56. The van der Waals surface area contributed by atoms with Crippen molar-refractivity contribution in [1.29, 1.82) is 5.26 Å². The highest BCUT2D eigenvalue weighted by molar-refractivity contribution is 5.61. The van der Waals surface area contributed by atoms with Gasteiger partial charge >= 0.3 is 0 Å². The van der Waals surface area contributed by atoms with Crippen molar-refractivity contribution < 1.29 is 4.92 Å². The van der Waals surface area contributed by atoms with Crippen molar-refractivity contribution >= 4 is 11.4 Å². The minimum Gasteiger partial charge on any atom is -0.398 e.